The van der Waals surface area contributed by atoms with Gasteiger partial charge in [0.2, 0.25) is 0 Å². The number of carbonyl (C=O) groups excluding carboxylic acids is 1. The van der Waals surface area contributed by atoms with Crippen LogP contribution in [0.5, 0.6) is 0 Å². The molecule has 0 bridgehead atoms. The highest BCUT2D eigenvalue weighted by atomic mass is 16.4. The fourth-order valence-corrected chi connectivity index (χ4v) is 1.17. The molecule has 0 fully saturated rings. The van der Waals surface area contributed by atoms with E-state index < -0.39 is 5.97 Å². The lowest BCUT2D eigenvalue weighted by Gasteiger charge is -2.03. The van der Waals surface area contributed by atoms with Crippen molar-refractivity contribution in [2.45, 2.75) is 6.42 Å². The number of carbonyl (C=O) groups is 2. The van der Waals surface area contributed by atoms with E-state index in [1.165, 1.54) is 6.07 Å². The number of carboxylic acid groups (broad SMARTS) is 1. The molecular formula is C11H11NO3. The Balaban J connectivity index is 3.04. The first-order valence-corrected chi connectivity index (χ1v) is 4.38. The molecule has 0 amide bonds. The van der Waals surface area contributed by atoms with Gasteiger partial charge in [-0.15, -0.1) is 0 Å². The molecule has 1 rings (SSSR count). The van der Waals surface area contributed by atoms with E-state index in [-0.39, 0.29) is 17.7 Å². The molecule has 0 heterocycles. The number of aromatic carboxylic acids is 1. The van der Waals surface area contributed by atoms with Crippen molar-refractivity contribution < 1.29 is 14.7 Å². The first-order chi connectivity index (χ1) is 7.16. The molecule has 4 heteroatoms. The molecule has 0 aliphatic carbocycles. The number of nitrogens with two attached hydrogens (primary N) is 1. The van der Waals surface area contributed by atoms with E-state index in [1.807, 2.05) is 0 Å². The predicted octanol–water partition coefficient (Wildman–Crippen LogP) is 1.57. The van der Waals surface area contributed by atoms with Crippen molar-refractivity contribution in [1.29, 1.82) is 0 Å². The van der Waals surface area contributed by atoms with Crippen LogP contribution in [-0.4, -0.2) is 17.4 Å². The molecule has 15 heavy (non-hydrogen) atoms. The number of benzene rings is 1. The van der Waals surface area contributed by atoms with Crippen LogP contribution in [0.1, 0.15) is 22.3 Å². The second-order valence-electron chi connectivity index (χ2n) is 2.92. The minimum absolute atomic E-state index is 0.0725. The molecule has 0 saturated carbocycles. The smallest absolute Gasteiger partial charge is 0.337 e. The Morgan fingerprint density at radius 1 is 1.47 bits per heavy atom. The molecule has 1 aromatic carbocycles. The van der Waals surface area contributed by atoms with Gasteiger partial charge in [0, 0.05) is 6.42 Å². The van der Waals surface area contributed by atoms with Crippen molar-refractivity contribution in [3.63, 3.8) is 0 Å². The van der Waals surface area contributed by atoms with Gasteiger partial charge in [-0.3, -0.25) is 0 Å². The van der Waals surface area contributed by atoms with Crippen LogP contribution >= 0.6 is 0 Å². The summed E-state index contributed by atoms with van der Waals surface area (Å²) in [4.78, 5) is 20.8. The zero-order chi connectivity index (χ0) is 11.3. The van der Waals surface area contributed by atoms with Gasteiger partial charge in [-0.1, -0.05) is 24.3 Å². The largest absolute Gasteiger partial charge is 0.478 e. The zero-order valence-corrected chi connectivity index (χ0v) is 8.01. The summed E-state index contributed by atoms with van der Waals surface area (Å²) in [6.45, 7) is 0. The highest BCUT2D eigenvalue weighted by molar-refractivity contribution is 5.95. The number of hydrogen-bond donors (Lipinski definition) is 2. The average Bonchev–Trinajstić information content (AvgIpc) is 2.20. The molecule has 78 valence electrons. The predicted molar refractivity (Wildman–Crippen MR) is 57.5 cm³/mol. The second-order valence-corrected chi connectivity index (χ2v) is 2.92. The summed E-state index contributed by atoms with van der Waals surface area (Å²) < 4.78 is 0. The Hall–Kier alpha value is -2.10. The van der Waals surface area contributed by atoms with E-state index in [2.05, 4.69) is 0 Å². The Morgan fingerprint density at radius 3 is 2.80 bits per heavy atom. The standard InChI is InChI=1S/C11H11NO3/c12-10-8(4-1-2-7-13)5-3-6-9(10)11(14)15/h1,3-7H,2,12H2,(H,14,15). The third-order valence-electron chi connectivity index (χ3n) is 1.90. The van der Waals surface area contributed by atoms with Gasteiger partial charge in [-0.05, 0) is 11.6 Å². The van der Waals surface area contributed by atoms with Crippen LogP contribution in [0.2, 0.25) is 0 Å². The topological polar surface area (TPSA) is 80.4 Å². The first kappa shape index (κ1) is 11.0. The Labute approximate surface area is 87.0 Å². The minimum atomic E-state index is -1.06. The van der Waals surface area contributed by atoms with Crippen LogP contribution in [0.25, 0.3) is 6.08 Å². The summed E-state index contributed by atoms with van der Waals surface area (Å²) in [7, 11) is 0. The van der Waals surface area contributed by atoms with Crippen molar-refractivity contribution in [1.82, 2.24) is 0 Å². The van der Waals surface area contributed by atoms with Crippen LogP contribution in [0.3, 0.4) is 0 Å². The number of carboxylic acids is 1. The van der Waals surface area contributed by atoms with Gasteiger partial charge in [0.05, 0.1) is 11.3 Å². The van der Waals surface area contributed by atoms with Crippen molar-refractivity contribution in [2.75, 3.05) is 5.73 Å². The first-order valence-electron chi connectivity index (χ1n) is 4.38. The Kier molecular flexibility index (Phi) is 3.62. The fraction of sp³-hybridized carbons (Fsp3) is 0.0909. The van der Waals surface area contributed by atoms with Crippen LogP contribution in [0.15, 0.2) is 24.3 Å². The number of nitrogen functional groups attached to an aromatic ring is 1. The lowest BCUT2D eigenvalue weighted by Crippen LogP contribution is -2.03. The summed E-state index contributed by atoms with van der Waals surface area (Å²) >= 11 is 0. The van der Waals surface area contributed by atoms with Crippen LogP contribution < -0.4 is 5.73 Å². The Morgan fingerprint density at radius 2 is 2.20 bits per heavy atom. The number of hydrogen-bond acceptors (Lipinski definition) is 3. The molecule has 0 aromatic heterocycles. The highest BCUT2D eigenvalue weighted by Crippen LogP contribution is 2.18. The maximum Gasteiger partial charge on any atom is 0.337 e. The lowest BCUT2D eigenvalue weighted by atomic mass is 10.1. The van der Waals surface area contributed by atoms with E-state index in [9.17, 15) is 9.59 Å². The summed E-state index contributed by atoms with van der Waals surface area (Å²) in [6.07, 6.45) is 4.31. The van der Waals surface area contributed by atoms with Gasteiger partial charge in [0.1, 0.15) is 6.29 Å². The molecule has 0 unspecified atom stereocenters. The number of rotatable bonds is 4. The molecule has 0 aliphatic heterocycles. The number of anilines is 1. The molecular weight excluding hydrogens is 194 g/mol. The minimum Gasteiger partial charge on any atom is -0.478 e. The van der Waals surface area contributed by atoms with Crippen LogP contribution in [0, 0.1) is 0 Å². The maximum absolute atomic E-state index is 10.7. The van der Waals surface area contributed by atoms with Crippen molar-refractivity contribution in [2.24, 2.45) is 0 Å². The normalized spacial score (nSPS) is 10.4. The van der Waals surface area contributed by atoms with Crippen molar-refractivity contribution in [3.8, 4) is 0 Å². The third-order valence-corrected chi connectivity index (χ3v) is 1.90. The van der Waals surface area contributed by atoms with E-state index >= 15 is 0 Å². The van der Waals surface area contributed by atoms with E-state index in [0.717, 1.165) is 6.29 Å². The van der Waals surface area contributed by atoms with E-state index in [1.54, 1.807) is 24.3 Å². The summed E-state index contributed by atoms with van der Waals surface area (Å²) in [5.74, 6) is -1.06. The van der Waals surface area contributed by atoms with Crippen molar-refractivity contribution >= 4 is 24.0 Å². The van der Waals surface area contributed by atoms with E-state index in [0.29, 0.717) is 5.56 Å². The van der Waals surface area contributed by atoms with Crippen LogP contribution in [0.4, 0.5) is 5.69 Å². The van der Waals surface area contributed by atoms with Gasteiger partial charge in [-0.25, -0.2) is 4.79 Å². The van der Waals surface area contributed by atoms with Crippen molar-refractivity contribution in [3.05, 3.63) is 35.4 Å². The second kappa shape index (κ2) is 4.95. The molecule has 0 aliphatic rings. The zero-order valence-electron chi connectivity index (χ0n) is 8.01. The summed E-state index contributed by atoms with van der Waals surface area (Å²) in [5.41, 5.74) is 6.54. The molecule has 0 atom stereocenters. The molecule has 4 nitrogen and oxygen atoms in total. The number of aldehydes is 1. The van der Waals surface area contributed by atoms with Gasteiger partial charge in [0.15, 0.2) is 0 Å². The van der Waals surface area contributed by atoms with Gasteiger partial charge < -0.3 is 15.6 Å². The maximum atomic E-state index is 10.7. The molecule has 0 saturated heterocycles. The average molecular weight is 205 g/mol. The Bertz CT molecular complexity index is 410. The van der Waals surface area contributed by atoms with Crippen LogP contribution in [-0.2, 0) is 4.79 Å². The fourth-order valence-electron chi connectivity index (χ4n) is 1.17. The highest BCUT2D eigenvalue weighted by Gasteiger charge is 2.08. The molecule has 0 radical (unpaired) electrons. The molecule has 1 aromatic rings. The quantitative estimate of drug-likeness (QED) is 0.577. The van der Waals surface area contributed by atoms with E-state index in [4.69, 9.17) is 10.8 Å². The number of para-hydroxylation sites is 1. The SMILES string of the molecule is Nc1c(C=CCC=O)cccc1C(=O)O. The third kappa shape index (κ3) is 2.67. The van der Waals surface area contributed by atoms with Gasteiger partial charge in [-0.2, -0.15) is 0 Å². The molecule has 0 spiro atoms. The number of allylic oxidation sites excluding steroid dienone is 1. The van der Waals surface area contributed by atoms with Gasteiger partial charge >= 0.3 is 5.97 Å². The lowest BCUT2D eigenvalue weighted by molar-refractivity contribution is -0.107. The molecule has 3 N–H and O–H groups in total. The summed E-state index contributed by atoms with van der Waals surface area (Å²) in [5, 5.41) is 8.80. The monoisotopic (exact) mass is 205 g/mol. The van der Waals surface area contributed by atoms with Gasteiger partial charge in [0.25, 0.3) is 0 Å². The summed E-state index contributed by atoms with van der Waals surface area (Å²) in [6, 6.07) is 4.75.